The smallest absolute Gasteiger partial charge is 0.286 e. The predicted octanol–water partition coefficient (Wildman–Crippen LogP) is 2.91. The highest BCUT2D eigenvalue weighted by Crippen LogP contribution is 2.35. The maximum atomic E-state index is 12.9. The Morgan fingerprint density at radius 3 is 2.42 bits per heavy atom. The number of amides is 1. The summed E-state index contributed by atoms with van der Waals surface area (Å²) < 4.78 is 12.2. The quantitative estimate of drug-likeness (QED) is 0.325. The summed E-state index contributed by atoms with van der Waals surface area (Å²) in [5.74, 6) is 1.74. The van der Waals surface area contributed by atoms with E-state index in [4.69, 9.17) is 15.9 Å². The third-order valence-electron chi connectivity index (χ3n) is 4.25. The predicted molar refractivity (Wildman–Crippen MR) is 111 cm³/mol. The van der Waals surface area contributed by atoms with Gasteiger partial charge in [-0.3, -0.25) is 25.0 Å². The van der Waals surface area contributed by atoms with Crippen LogP contribution in [0.3, 0.4) is 0 Å². The molecular weight excluding hydrogens is 428 g/mol. The normalized spacial score (nSPS) is 11.2. The van der Waals surface area contributed by atoms with Crippen molar-refractivity contribution in [2.45, 2.75) is 6.54 Å². The Morgan fingerprint density at radius 2 is 1.84 bits per heavy atom. The lowest BCUT2D eigenvalue weighted by molar-refractivity contribution is -0.385. The first-order chi connectivity index (χ1) is 14.8. The highest BCUT2D eigenvalue weighted by atomic mass is 32.1. The number of benzene rings is 2. The number of carbonyl (C=O) groups excluding carboxylic acids is 1. The van der Waals surface area contributed by atoms with E-state index >= 15 is 0 Å². The van der Waals surface area contributed by atoms with Crippen LogP contribution in [0.15, 0.2) is 35.3 Å². The SMILES string of the molecule is C#CCn1c(=NC(=O)c2cc(OC)c(OC)cc2[N+](=O)[O-])sc2cc([N+](=O)[O-])ccc21. The van der Waals surface area contributed by atoms with Crippen LogP contribution >= 0.6 is 11.3 Å². The maximum absolute atomic E-state index is 12.9. The monoisotopic (exact) mass is 442 g/mol. The molecule has 0 saturated carbocycles. The van der Waals surface area contributed by atoms with Crippen LogP contribution in [0.1, 0.15) is 10.4 Å². The van der Waals surface area contributed by atoms with Gasteiger partial charge in [0.05, 0.1) is 46.9 Å². The van der Waals surface area contributed by atoms with Crippen LogP contribution < -0.4 is 14.3 Å². The van der Waals surface area contributed by atoms with Crippen molar-refractivity contribution in [3.8, 4) is 23.8 Å². The molecule has 0 spiro atoms. The van der Waals surface area contributed by atoms with Crippen molar-refractivity contribution in [3.05, 3.63) is 60.9 Å². The number of nitrogens with zero attached hydrogens (tertiary/aromatic N) is 4. The van der Waals surface area contributed by atoms with Crippen LogP contribution in [-0.4, -0.2) is 34.5 Å². The molecule has 2 aromatic carbocycles. The molecule has 1 heterocycles. The number of nitro benzene ring substituents is 2. The van der Waals surface area contributed by atoms with Crippen molar-refractivity contribution in [2.24, 2.45) is 4.99 Å². The van der Waals surface area contributed by atoms with E-state index < -0.39 is 21.4 Å². The van der Waals surface area contributed by atoms with E-state index in [1.165, 1.54) is 43.1 Å². The fourth-order valence-corrected chi connectivity index (χ4v) is 3.90. The number of thiazole rings is 1. The Bertz CT molecular complexity index is 1330. The molecule has 0 atom stereocenters. The van der Waals surface area contributed by atoms with Gasteiger partial charge in [0.2, 0.25) is 0 Å². The second kappa shape index (κ2) is 8.64. The molecule has 0 aliphatic heterocycles. The summed E-state index contributed by atoms with van der Waals surface area (Å²) in [6.45, 7) is 0.0396. The molecular formula is C19H14N4O7S. The van der Waals surface area contributed by atoms with Crippen molar-refractivity contribution in [2.75, 3.05) is 14.2 Å². The summed E-state index contributed by atoms with van der Waals surface area (Å²) in [4.78, 5) is 38.3. The molecule has 3 aromatic rings. The van der Waals surface area contributed by atoms with Gasteiger partial charge in [-0.05, 0) is 6.07 Å². The standard InChI is InChI=1S/C19H14N4O7S/c1-4-7-21-13-6-5-11(22(25)26)8-17(13)31-19(21)20-18(24)12-9-15(29-2)16(30-3)10-14(12)23(27)28/h1,5-6,8-10H,7H2,2-3H3. The van der Waals surface area contributed by atoms with E-state index in [0.29, 0.717) is 10.2 Å². The third kappa shape index (κ3) is 4.07. The number of hydrogen-bond acceptors (Lipinski definition) is 8. The minimum atomic E-state index is -0.903. The second-order valence-electron chi connectivity index (χ2n) is 5.98. The van der Waals surface area contributed by atoms with Crippen LogP contribution in [0.4, 0.5) is 11.4 Å². The van der Waals surface area contributed by atoms with Gasteiger partial charge in [-0.15, -0.1) is 6.42 Å². The molecule has 0 unspecified atom stereocenters. The van der Waals surface area contributed by atoms with Gasteiger partial charge in [0.15, 0.2) is 16.3 Å². The zero-order valence-corrected chi connectivity index (χ0v) is 17.0. The molecule has 3 rings (SSSR count). The Kier molecular flexibility index (Phi) is 5.98. The number of non-ortho nitro benzene ring substituents is 1. The van der Waals surface area contributed by atoms with E-state index in [2.05, 4.69) is 10.9 Å². The molecule has 0 aliphatic carbocycles. The lowest BCUT2D eigenvalue weighted by Crippen LogP contribution is -2.17. The maximum Gasteiger partial charge on any atom is 0.286 e. The van der Waals surface area contributed by atoms with E-state index in [1.54, 1.807) is 0 Å². The highest BCUT2D eigenvalue weighted by Gasteiger charge is 2.25. The number of nitro groups is 2. The summed E-state index contributed by atoms with van der Waals surface area (Å²) in [6, 6.07) is 6.41. The number of methoxy groups -OCH3 is 2. The Morgan fingerprint density at radius 1 is 1.16 bits per heavy atom. The van der Waals surface area contributed by atoms with Crippen molar-refractivity contribution in [3.63, 3.8) is 0 Å². The zero-order valence-electron chi connectivity index (χ0n) is 16.2. The number of aromatic nitrogens is 1. The summed E-state index contributed by atoms with van der Waals surface area (Å²) in [6.07, 6.45) is 5.41. The van der Waals surface area contributed by atoms with E-state index in [-0.39, 0.29) is 34.1 Å². The van der Waals surface area contributed by atoms with E-state index in [9.17, 15) is 25.0 Å². The average Bonchev–Trinajstić information content (AvgIpc) is 3.08. The van der Waals surface area contributed by atoms with E-state index in [0.717, 1.165) is 17.4 Å². The molecule has 1 aromatic heterocycles. The molecule has 0 saturated heterocycles. The first kappa shape index (κ1) is 21.5. The lowest BCUT2D eigenvalue weighted by atomic mass is 10.1. The molecule has 0 aliphatic rings. The van der Waals surface area contributed by atoms with Gasteiger partial charge in [-0.1, -0.05) is 17.3 Å². The Balaban J connectivity index is 2.23. The van der Waals surface area contributed by atoms with Gasteiger partial charge in [0.25, 0.3) is 17.3 Å². The third-order valence-corrected chi connectivity index (χ3v) is 5.29. The molecule has 158 valence electrons. The largest absolute Gasteiger partial charge is 0.493 e. The number of terminal acetylenes is 1. The van der Waals surface area contributed by atoms with Gasteiger partial charge >= 0.3 is 0 Å². The first-order valence-electron chi connectivity index (χ1n) is 8.51. The Hall–Kier alpha value is -4.24. The molecule has 0 fully saturated rings. The molecule has 11 nitrogen and oxygen atoms in total. The minimum Gasteiger partial charge on any atom is -0.493 e. The van der Waals surface area contributed by atoms with Crippen molar-refractivity contribution in [1.29, 1.82) is 0 Å². The minimum absolute atomic E-state index is 0.0396. The highest BCUT2D eigenvalue weighted by molar-refractivity contribution is 7.16. The zero-order chi connectivity index (χ0) is 22.7. The summed E-state index contributed by atoms with van der Waals surface area (Å²) in [5.41, 5.74) is -0.401. The number of ether oxygens (including phenoxy) is 2. The topological polar surface area (TPSA) is 139 Å². The van der Waals surface area contributed by atoms with Gasteiger partial charge < -0.3 is 14.0 Å². The molecule has 31 heavy (non-hydrogen) atoms. The number of rotatable bonds is 6. The van der Waals surface area contributed by atoms with E-state index in [1.807, 2.05) is 0 Å². The van der Waals surface area contributed by atoms with Crippen LogP contribution in [-0.2, 0) is 6.54 Å². The van der Waals surface area contributed by atoms with Crippen LogP contribution in [0.2, 0.25) is 0 Å². The molecule has 0 radical (unpaired) electrons. The van der Waals surface area contributed by atoms with Crippen LogP contribution in [0.5, 0.6) is 11.5 Å². The fraction of sp³-hybridized carbons (Fsp3) is 0.158. The van der Waals surface area contributed by atoms with Gasteiger partial charge in [-0.2, -0.15) is 4.99 Å². The van der Waals surface area contributed by atoms with Crippen LogP contribution in [0.25, 0.3) is 10.2 Å². The van der Waals surface area contributed by atoms with Crippen LogP contribution in [0, 0.1) is 32.6 Å². The number of fused-ring (bicyclic) bond motifs is 1. The summed E-state index contributed by atoms with van der Waals surface area (Å²) in [5, 5.41) is 22.5. The average molecular weight is 442 g/mol. The second-order valence-corrected chi connectivity index (χ2v) is 6.99. The fourth-order valence-electron chi connectivity index (χ4n) is 2.84. The van der Waals surface area contributed by atoms with Gasteiger partial charge in [0.1, 0.15) is 5.56 Å². The van der Waals surface area contributed by atoms with Crippen molar-refractivity contribution < 1.29 is 24.1 Å². The van der Waals surface area contributed by atoms with Gasteiger partial charge in [0, 0.05) is 18.2 Å². The first-order valence-corrected chi connectivity index (χ1v) is 9.33. The summed E-state index contributed by atoms with van der Waals surface area (Å²) >= 11 is 1.000. The number of carbonyl (C=O) groups is 1. The molecule has 12 heteroatoms. The van der Waals surface area contributed by atoms with Crippen molar-refractivity contribution in [1.82, 2.24) is 4.57 Å². The lowest BCUT2D eigenvalue weighted by Gasteiger charge is -2.08. The Labute approximate surface area is 178 Å². The molecule has 0 bridgehead atoms. The summed E-state index contributed by atoms with van der Waals surface area (Å²) in [7, 11) is 2.64. The van der Waals surface area contributed by atoms with Gasteiger partial charge in [-0.25, -0.2) is 0 Å². The molecule has 0 N–H and O–H groups in total. The number of hydrogen-bond donors (Lipinski definition) is 0. The van der Waals surface area contributed by atoms with Crippen molar-refractivity contribution >= 4 is 38.8 Å². The molecule has 1 amide bonds.